The van der Waals surface area contributed by atoms with Crippen molar-refractivity contribution >= 4 is 28.7 Å². The summed E-state index contributed by atoms with van der Waals surface area (Å²) in [5.74, 6) is 0. The van der Waals surface area contributed by atoms with Gasteiger partial charge >= 0.3 is 0 Å². The molecule has 0 bridgehead atoms. The van der Waals surface area contributed by atoms with Gasteiger partial charge in [-0.25, -0.2) is 0 Å². The maximum atomic E-state index is 5.97. The van der Waals surface area contributed by atoms with Gasteiger partial charge in [0.2, 0.25) is 0 Å². The van der Waals surface area contributed by atoms with E-state index in [9.17, 15) is 0 Å². The summed E-state index contributed by atoms with van der Waals surface area (Å²) in [4.78, 5) is 2.30. The SMILES string of the molecule is Br.Nc1cccc2c1C=CN(Cc1ccccc1)C2. The van der Waals surface area contributed by atoms with E-state index < -0.39 is 0 Å². The highest BCUT2D eigenvalue weighted by molar-refractivity contribution is 8.93. The maximum Gasteiger partial charge on any atom is 0.0434 e. The predicted molar refractivity (Wildman–Crippen MR) is 85.9 cm³/mol. The monoisotopic (exact) mass is 316 g/mol. The Labute approximate surface area is 124 Å². The van der Waals surface area contributed by atoms with Gasteiger partial charge in [0.15, 0.2) is 0 Å². The lowest BCUT2D eigenvalue weighted by atomic mass is 10.0. The first kappa shape index (κ1) is 13.7. The molecule has 1 aliphatic heterocycles. The molecular formula is C16H17BrN2. The molecule has 19 heavy (non-hydrogen) atoms. The zero-order valence-corrected chi connectivity index (χ0v) is 12.3. The highest BCUT2D eigenvalue weighted by Gasteiger charge is 2.12. The fourth-order valence-corrected chi connectivity index (χ4v) is 2.35. The minimum atomic E-state index is 0. The molecule has 0 fully saturated rings. The normalized spacial score (nSPS) is 12.7. The molecule has 2 aromatic carbocycles. The number of rotatable bonds is 2. The van der Waals surface area contributed by atoms with Crippen molar-refractivity contribution in [1.82, 2.24) is 4.90 Å². The van der Waals surface area contributed by atoms with Gasteiger partial charge in [0, 0.05) is 30.5 Å². The van der Waals surface area contributed by atoms with Crippen LogP contribution in [0.5, 0.6) is 0 Å². The zero-order chi connectivity index (χ0) is 12.4. The minimum Gasteiger partial charge on any atom is -0.398 e. The van der Waals surface area contributed by atoms with E-state index in [4.69, 9.17) is 5.73 Å². The average Bonchev–Trinajstić information content (AvgIpc) is 2.40. The second-order valence-corrected chi connectivity index (χ2v) is 4.63. The molecule has 2 N–H and O–H groups in total. The number of fused-ring (bicyclic) bond motifs is 1. The summed E-state index contributed by atoms with van der Waals surface area (Å²) in [7, 11) is 0. The fraction of sp³-hybridized carbons (Fsp3) is 0.125. The zero-order valence-electron chi connectivity index (χ0n) is 10.6. The summed E-state index contributed by atoms with van der Waals surface area (Å²) in [6, 6.07) is 16.6. The van der Waals surface area contributed by atoms with Gasteiger partial charge < -0.3 is 10.6 Å². The molecule has 0 atom stereocenters. The van der Waals surface area contributed by atoms with Crippen molar-refractivity contribution in [2.24, 2.45) is 0 Å². The summed E-state index contributed by atoms with van der Waals surface area (Å²) in [6.45, 7) is 1.86. The van der Waals surface area contributed by atoms with Crippen LogP contribution >= 0.6 is 17.0 Å². The molecule has 0 amide bonds. The van der Waals surface area contributed by atoms with Crippen LogP contribution in [0.15, 0.2) is 54.7 Å². The Morgan fingerprint density at radius 3 is 2.58 bits per heavy atom. The number of anilines is 1. The molecule has 2 nitrogen and oxygen atoms in total. The minimum absolute atomic E-state index is 0. The molecule has 3 heteroatoms. The van der Waals surface area contributed by atoms with Crippen molar-refractivity contribution in [2.75, 3.05) is 5.73 Å². The van der Waals surface area contributed by atoms with Gasteiger partial charge in [0.05, 0.1) is 0 Å². The van der Waals surface area contributed by atoms with E-state index in [2.05, 4.69) is 47.5 Å². The van der Waals surface area contributed by atoms with E-state index in [1.54, 1.807) is 0 Å². The van der Waals surface area contributed by atoms with E-state index in [1.807, 2.05) is 18.2 Å². The first-order valence-corrected chi connectivity index (χ1v) is 6.16. The molecule has 3 rings (SSSR count). The van der Waals surface area contributed by atoms with Crippen molar-refractivity contribution in [1.29, 1.82) is 0 Å². The van der Waals surface area contributed by atoms with Crippen molar-refractivity contribution in [3.05, 3.63) is 71.4 Å². The molecular weight excluding hydrogens is 300 g/mol. The molecule has 1 heterocycles. The Kier molecular flexibility index (Phi) is 4.27. The molecule has 0 spiro atoms. The van der Waals surface area contributed by atoms with Crippen LogP contribution in [0.1, 0.15) is 16.7 Å². The molecule has 0 aromatic heterocycles. The molecule has 0 saturated carbocycles. The molecule has 1 aliphatic rings. The topological polar surface area (TPSA) is 29.3 Å². The summed E-state index contributed by atoms with van der Waals surface area (Å²) < 4.78 is 0. The Morgan fingerprint density at radius 1 is 1.00 bits per heavy atom. The number of nitrogen functional groups attached to an aromatic ring is 1. The Morgan fingerprint density at radius 2 is 1.79 bits per heavy atom. The summed E-state index contributed by atoms with van der Waals surface area (Å²) in [5, 5.41) is 0. The van der Waals surface area contributed by atoms with Crippen LogP contribution in [0, 0.1) is 0 Å². The number of nitrogens with two attached hydrogens (primary N) is 1. The molecule has 2 aromatic rings. The lowest BCUT2D eigenvalue weighted by Gasteiger charge is -2.26. The third-order valence-corrected chi connectivity index (χ3v) is 3.28. The van der Waals surface area contributed by atoms with Crippen LogP contribution in [-0.4, -0.2) is 4.90 Å². The lowest BCUT2D eigenvalue weighted by molar-refractivity contribution is 0.360. The second kappa shape index (κ2) is 5.93. The Balaban J connectivity index is 0.00000133. The molecule has 0 unspecified atom stereocenters. The van der Waals surface area contributed by atoms with Crippen molar-refractivity contribution in [3.8, 4) is 0 Å². The molecule has 0 radical (unpaired) electrons. The number of hydrogen-bond acceptors (Lipinski definition) is 2. The van der Waals surface area contributed by atoms with Gasteiger partial charge in [0.1, 0.15) is 0 Å². The van der Waals surface area contributed by atoms with E-state index in [1.165, 1.54) is 16.7 Å². The second-order valence-electron chi connectivity index (χ2n) is 4.63. The number of nitrogens with zero attached hydrogens (tertiary/aromatic N) is 1. The van der Waals surface area contributed by atoms with Crippen LogP contribution in [0.25, 0.3) is 6.08 Å². The predicted octanol–water partition coefficient (Wildman–Crippen LogP) is 3.83. The van der Waals surface area contributed by atoms with Crippen LogP contribution in [0.2, 0.25) is 0 Å². The highest BCUT2D eigenvalue weighted by Crippen LogP contribution is 2.25. The maximum absolute atomic E-state index is 5.97. The Bertz CT molecular complexity index is 579. The highest BCUT2D eigenvalue weighted by atomic mass is 79.9. The van der Waals surface area contributed by atoms with Gasteiger partial charge in [0.25, 0.3) is 0 Å². The van der Waals surface area contributed by atoms with Crippen molar-refractivity contribution < 1.29 is 0 Å². The quantitative estimate of drug-likeness (QED) is 0.853. The standard InChI is InChI=1S/C16H16N2.BrH/c17-16-8-4-7-14-12-18(10-9-15(14)16)11-13-5-2-1-3-6-13;/h1-10H,11-12,17H2;1H. The lowest BCUT2D eigenvalue weighted by Crippen LogP contribution is -2.19. The number of benzene rings is 2. The number of hydrogen-bond donors (Lipinski definition) is 1. The largest absolute Gasteiger partial charge is 0.398 e. The van der Waals surface area contributed by atoms with Gasteiger partial charge in [-0.05, 0) is 23.3 Å². The van der Waals surface area contributed by atoms with E-state index >= 15 is 0 Å². The van der Waals surface area contributed by atoms with E-state index in [0.717, 1.165) is 18.8 Å². The van der Waals surface area contributed by atoms with Gasteiger partial charge in [-0.3, -0.25) is 0 Å². The third-order valence-electron chi connectivity index (χ3n) is 3.28. The fourth-order valence-electron chi connectivity index (χ4n) is 2.35. The first-order chi connectivity index (χ1) is 8.83. The van der Waals surface area contributed by atoms with Gasteiger partial charge in [-0.15, -0.1) is 17.0 Å². The molecule has 0 aliphatic carbocycles. The summed E-state index contributed by atoms with van der Waals surface area (Å²) >= 11 is 0. The summed E-state index contributed by atoms with van der Waals surface area (Å²) in [5.41, 5.74) is 10.6. The van der Waals surface area contributed by atoms with Gasteiger partial charge in [-0.1, -0.05) is 42.5 Å². The van der Waals surface area contributed by atoms with E-state index in [0.29, 0.717) is 0 Å². The summed E-state index contributed by atoms with van der Waals surface area (Å²) in [6.07, 6.45) is 4.24. The molecule has 98 valence electrons. The Hall–Kier alpha value is -1.74. The van der Waals surface area contributed by atoms with E-state index in [-0.39, 0.29) is 17.0 Å². The number of halogens is 1. The van der Waals surface area contributed by atoms with Crippen LogP contribution < -0.4 is 5.73 Å². The third kappa shape index (κ3) is 2.99. The smallest absolute Gasteiger partial charge is 0.0434 e. The van der Waals surface area contributed by atoms with Crippen LogP contribution in [0.4, 0.5) is 5.69 Å². The van der Waals surface area contributed by atoms with Crippen LogP contribution in [0.3, 0.4) is 0 Å². The van der Waals surface area contributed by atoms with Crippen LogP contribution in [-0.2, 0) is 13.1 Å². The van der Waals surface area contributed by atoms with Gasteiger partial charge in [-0.2, -0.15) is 0 Å². The molecule has 0 saturated heterocycles. The van der Waals surface area contributed by atoms with Crippen molar-refractivity contribution in [3.63, 3.8) is 0 Å². The average molecular weight is 317 g/mol. The van der Waals surface area contributed by atoms with Crippen molar-refractivity contribution in [2.45, 2.75) is 13.1 Å². The first-order valence-electron chi connectivity index (χ1n) is 6.16.